The van der Waals surface area contributed by atoms with E-state index in [-0.39, 0.29) is 17.4 Å². The zero-order chi connectivity index (χ0) is 7.94. The van der Waals surface area contributed by atoms with Crippen molar-refractivity contribution in [2.75, 3.05) is 7.11 Å². The van der Waals surface area contributed by atoms with Gasteiger partial charge in [0.25, 0.3) is 5.91 Å². The van der Waals surface area contributed by atoms with E-state index < -0.39 is 0 Å². The molecule has 1 aliphatic rings. The standard InChI is InChI=1S/C7H13NO2/c1-5-6(9)8(10-4)7(5,2)3/h5H,1-4H3/t5-/m0/s1. The Hall–Kier alpha value is -0.570. The van der Waals surface area contributed by atoms with Crippen LogP contribution in [-0.2, 0) is 9.63 Å². The van der Waals surface area contributed by atoms with Gasteiger partial charge in [0.15, 0.2) is 0 Å². The van der Waals surface area contributed by atoms with Crippen LogP contribution < -0.4 is 0 Å². The van der Waals surface area contributed by atoms with Crippen molar-refractivity contribution in [2.24, 2.45) is 5.92 Å². The van der Waals surface area contributed by atoms with Crippen LogP contribution in [0.2, 0.25) is 0 Å². The first kappa shape index (κ1) is 7.54. The van der Waals surface area contributed by atoms with Crippen LogP contribution in [-0.4, -0.2) is 23.6 Å². The van der Waals surface area contributed by atoms with E-state index in [0.717, 1.165) is 0 Å². The molecule has 3 nitrogen and oxygen atoms in total. The lowest BCUT2D eigenvalue weighted by Gasteiger charge is -2.50. The van der Waals surface area contributed by atoms with Crippen molar-refractivity contribution in [1.82, 2.24) is 5.06 Å². The first-order chi connectivity index (χ1) is 4.51. The topological polar surface area (TPSA) is 29.5 Å². The first-order valence-corrected chi connectivity index (χ1v) is 3.40. The summed E-state index contributed by atoms with van der Waals surface area (Å²) >= 11 is 0. The maximum absolute atomic E-state index is 11.0. The lowest BCUT2D eigenvalue weighted by Crippen LogP contribution is -2.66. The number of hydroxylamine groups is 2. The molecule has 0 unspecified atom stereocenters. The molecular weight excluding hydrogens is 130 g/mol. The Bertz CT molecular complexity index is 165. The van der Waals surface area contributed by atoms with Gasteiger partial charge in [0.2, 0.25) is 0 Å². The Labute approximate surface area is 60.9 Å². The maximum atomic E-state index is 11.0. The number of hydrogen-bond donors (Lipinski definition) is 0. The van der Waals surface area contributed by atoms with Gasteiger partial charge in [-0.15, -0.1) is 0 Å². The highest BCUT2D eigenvalue weighted by atomic mass is 16.7. The molecule has 58 valence electrons. The van der Waals surface area contributed by atoms with Gasteiger partial charge in [0.05, 0.1) is 18.6 Å². The van der Waals surface area contributed by atoms with E-state index in [9.17, 15) is 4.79 Å². The summed E-state index contributed by atoms with van der Waals surface area (Å²) in [6, 6.07) is 0. The molecule has 0 aromatic carbocycles. The molecule has 0 radical (unpaired) electrons. The summed E-state index contributed by atoms with van der Waals surface area (Å²) in [7, 11) is 1.52. The second-order valence-electron chi connectivity index (χ2n) is 3.19. The van der Waals surface area contributed by atoms with Crippen LogP contribution in [0.25, 0.3) is 0 Å². The lowest BCUT2D eigenvalue weighted by atomic mass is 9.80. The summed E-state index contributed by atoms with van der Waals surface area (Å²) in [6.07, 6.45) is 0. The number of β-lactam (4-membered cyclic amide) rings is 1. The van der Waals surface area contributed by atoms with Crippen LogP contribution >= 0.6 is 0 Å². The van der Waals surface area contributed by atoms with Gasteiger partial charge in [-0.25, -0.2) is 5.06 Å². The van der Waals surface area contributed by atoms with Crippen LogP contribution in [0.5, 0.6) is 0 Å². The highest BCUT2D eigenvalue weighted by molar-refractivity contribution is 5.85. The largest absolute Gasteiger partial charge is 0.274 e. The van der Waals surface area contributed by atoms with Crippen molar-refractivity contribution in [3.63, 3.8) is 0 Å². The van der Waals surface area contributed by atoms with Gasteiger partial charge in [-0.3, -0.25) is 9.63 Å². The minimum Gasteiger partial charge on any atom is -0.274 e. The molecule has 10 heavy (non-hydrogen) atoms. The van der Waals surface area contributed by atoms with Gasteiger partial charge >= 0.3 is 0 Å². The van der Waals surface area contributed by atoms with E-state index in [4.69, 9.17) is 4.84 Å². The molecule has 1 rings (SSSR count). The van der Waals surface area contributed by atoms with E-state index in [1.54, 1.807) is 0 Å². The minimum atomic E-state index is -0.119. The number of rotatable bonds is 1. The Morgan fingerprint density at radius 1 is 1.60 bits per heavy atom. The van der Waals surface area contributed by atoms with Gasteiger partial charge in [-0.05, 0) is 13.8 Å². The molecule has 1 amide bonds. The van der Waals surface area contributed by atoms with Crippen LogP contribution in [0.3, 0.4) is 0 Å². The second kappa shape index (κ2) is 1.95. The molecular formula is C7H13NO2. The summed E-state index contributed by atoms with van der Waals surface area (Å²) in [6.45, 7) is 5.89. The summed E-state index contributed by atoms with van der Waals surface area (Å²) in [5, 5.41) is 1.41. The predicted molar refractivity (Wildman–Crippen MR) is 37.1 cm³/mol. The average Bonchev–Trinajstić information content (AvgIpc) is 1.88. The van der Waals surface area contributed by atoms with Crippen molar-refractivity contribution in [3.8, 4) is 0 Å². The summed E-state index contributed by atoms with van der Waals surface area (Å²) < 4.78 is 0. The third-order valence-corrected chi connectivity index (χ3v) is 2.34. The molecule has 1 aliphatic heterocycles. The van der Waals surface area contributed by atoms with Crippen molar-refractivity contribution in [3.05, 3.63) is 0 Å². The Kier molecular flexibility index (Phi) is 1.47. The van der Waals surface area contributed by atoms with Crippen molar-refractivity contribution in [1.29, 1.82) is 0 Å². The lowest BCUT2D eigenvalue weighted by molar-refractivity contribution is -0.253. The third kappa shape index (κ3) is 0.669. The Balaban J connectivity index is 2.71. The Morgan fingerprint density at radius 3 is 2.30 bits per heavy atom. The SMILES string of the molecule is CON1C(=O)[C@H](C)C1(C)C. The zero-order valence-corrected chi connectivity index (χ0v) is 6.84. The first-order valence-electron chi connectivity index (χ1n) is 3.40. The van der Waals surface area contributed by atoms with Crippen molar-refractivity contribution in [2.45, 2.75) is 26.3 Å². The molecule has 3 heteroatoms. The van der Waals surface area contributed by atoms with Crippen LogP contribution in [0.1, 0.15) is 20.8 Å². The Morgan fingerprint density at radius 2 is 2.10 bits per heavy atom. The molecule has 0 aromatic heterocycles. The van der Waals surface area contributed by atoms with Crippen molar-refractivity contribution < 1.29 is 9.63 Å². The van der Waals surface area contributed by atoms with Crippen LogP contribution in [0, 0.1) is 5.92 Å². The molecule has 0 N–H and O–H groups in total. The predicted octanol–water partition coefficient (Wildman–Crippen LogP) is 0.805. The van der Waals surface area contributed by atoms with E-state index in [0.29, 0.717) is 0 Å². The summed E-state index contributed by atoms with van der Waals surface area (Å²) in [5.74, 6) is 0.167. The van der Waals surface area contributed by atoms with Crippen LogP contribution in [0.15, 0.2) is 0 Å². The molecule has 1 fully saturated rings. The van der Waals surface area contributed by atoms with E-state index >= 15 is 0 Å². The van der Waals surface area contributed by atoms with E-state index in [1.807, 2.05) is 20.8 Å². The molecule has 0 saturated carbocycles. The van der Waals surface area contributed by atoms with Gasteiger partial charge in [0.1, 0.15) is 0 Å². The van der Waals surface area contributed by atoms with Gasteiger partial charge in [0, 0.05) is 0 Å². The second-order valence-corrected chi connectivity index (χ2v) is 3.19. The van der Waals surface area contributed by atoms with Gasteiger partial charge < -0.3 is 0 Å². The number of amides is 1. The fourth-order valence-electron chi connectivity index (χ4n) is 1.20. The number of hydrogen-bond acceptors (Lipinski definition) is 2. The average molecular weight is 143 g/mol. The summed E-state index contributed by atoms with van der Waals surface area (Å²) in [4.78, 5) is 15.9. The normalized spacial score (nSPS) is 30.2. The number of carbonyl (C=O) groups excluding carboxylic acids is 1. The highest BCUT2D eigenvalue weighted by Gasteiger charge is 2.51. The highest BCUT2D eigenvalue weighted by Crippen LogP contribution is 2.36. The van der Waals surface area contributed by atoms with Gasteiger partial charge in [-0.1, -0.05) is 6.92 Å². The minimum absolute atomic E-state index is 0.0764. The van der Waals surface area contributed by atoms with Gasteiger partial charge in [-0.2, -0.15) is 0 Å². The van der Waals surface area contributed by atoms with E-state index in [1.165, 1.54) is 12.2 Å². The van der Waals surface area contributed by atoms with Crippen molar-refractivity contribution >= 4 is 5.91 Å². The monoisotopic (exact) mass is 143 g/mol. The molecule has 1 atom stereocenters. The smallest absolute Gasteiger partial charge is 0.251 e. The van der Waals surface area contributed by atoms with Crippen LogP contribution in [0.4, 0.5) is 0 Å². The third-order valence-electron chi connectivity index (χ3n) is 2.34. The molecule has 0 spiro atoms. The fraction of sp³-hybridized carbons (Fsp3) is 0.857. The number of nitrogens with zero attached hydrogens (tertiary/aromatic N) is 1. The summed E-state index contributed by atoms with van der Waals surface area (Å²) in [5.41, 5.74) is -0.119. The molecule has 0 bridgehead atoms. The quantitative estimate of drug-likeness (QED) is 0.508. The maximum Gasteiger partial charge on any atom is 0.251 e. The fourth-order valence-corrected chi connectivity index (χ4v) is 1.20. The molecule has 1 saturated heterocycles. The van der Waals surface area contributed by atoms with E-state index in [2.05, 4.69) is 0 Å². The molecule has 1 heterocycles. The molecule has 0 aromatic rings. The number of carbonyl (C=O) groups is 1. The zero-order valence-electron chi connectivity index (χ0n) is 6.84. The molecule has 0 aliphatic carbocycles.